The summed E-state index contributed by atoms with van der Waals surface area (Å²) < 4.78 is 0. The van der Waals surface area contributed by atoms with Crippen molar-refractivity contribution in [3.8, 4) is 0 Å². The molecule has 0 amide bonds. The zero-order valence-electron chi connectivity index (χ0n) is 11.7. The van der Waals surface area contributed by atoms with Gasteiger partial charge in [-0.25, -0.2) is 0 Å². The van der Waals surface area contributed by atoms with Crippen LogP contribution >= 0.6 is 0 Å². The molecule has 2 aromatic rings. The van der Waals surface area contributed by atoms with Crippen LogP contribution in [-0.2, 0) is 0 Å². The maximum atomic E-state index is 2.00. The molecule has 0 heterocycles. The van der Waals surface area contributed by atoms with E-state index in [1.54, 1.807) is 0 Å². The van der Waals surface area contributed by atoms with Crippen LogP contribution in [-0.4, -0.2) is 0 Å². The Balaban J connectivity index is -0.0000000339. The number of halogens is 2. The minimum Gasteiger partial charge on any atom is -0.269 e. The fraction of sp³-hybridized carbons (Fsp3) is 0.333. The molecule has 0 radical (unpaired) electrons. The molecule has 0 aromatic heterocycles. The fourth-order valence-corrected chi connectivity index (χ4v) is 0.770. The Kier molecular flexibility index (Phi) is 78.4. The summed E-state index contributed by atoms with van der Waals surface area (Å²) in [6, 6.07) is 24.0. The third-order valence-corrected chi connectivity index (χ3v) is 1.33. The van der Waals surface area contributed by atoms with E-state index in [-0.39, 0.29) is 24.3 Å². The van der Waals surface area contributed by atoms with E-state index in [1.807, 2.05) is 100 Å². The molecule has 0 unspecified atom stereocenters. The van der Waals surface area contributed by atoms with Gasteiger partial charge in [-0.15, -0.1) is 0 Å². The van der Waals surface area contributed by atoms with Gasteiger partial charge in [0.15, 0.2) is 0 Å². The summed E-state index contributed by atoms with van der Waals surface area (Å²) in [6.07, 6.45) is 0. The maximum absolute atomic E-state index is 2.00. The van der Waals surface area contributed by atoms with Crippen LogP contribution in [0.5, 0.6) is 0 Å². The van der Waals surface area contributed by atoms with Crippen molar-refractivity contribution in [2.45, 2.75) is 42.5 Å². The molecule has 0 spiro atoms. The van der Waals surface area contributed by atoms with Crippen molar-refractivity contribution >= 4 is 0 Å². The van der Waals surface area contributed by atoms with Crippen LogP contribution in [0.4, 0.5) is 9.41 Å². The first-order valence-corrected chi connectivity index (χ1v) is 6.00. The van der Waals surface area contributed by atoms with Gasteiger partial charge < -0.3 is 0 Å². The van der Waals surface area contributed by atoms with Gasteiger partial charge >= 0.3 is 0 Å². The summed E-state index contributed by atoms with van der Waals surface area (Å²) in [6.45, 7) is 8.00. The lowest BCUT2D eigenvalue weighted by molar-refractivity contribution is 1.11. The summed E-state index contributed by atoms with van der Waals surface area (Å²) in [5, 5.41) is 0. The van der Waals surface area contributed by atoms with Crippen LogP contribution in [0.3, 0.4) is 0 Å². The highest BCUT2D eigenvalue weighted by Crippen LogP contribution is 1.80. The smallest absolute Gasteiger partial charge is 0.0623 e. The van der Waals surface area contributed by atoms with Gasteiger partial charge in [0.2, 0.25) is 0 Å². The first-order valence-electron chi connectivity index (χ1n) is 6.00. The van der Waals surface area contributed by atoms with E-state index in [0.29, 0.717) is 0 Å². The SMILES string of the molecule is C.C.CC.CC.F.F.c1ccccc1.c1ccccc1. The van der Waals surface area contributed by atoms with Crippen LogP contribution < -0.4 is 0 Å². The average molecular weight is 288 g/mol. The third kappa shape index (κ3) is 36.0. The average Bonchev–Trinajstić information content (AvgIpc) is 2.48. The number of hydrogen-bond acceptors (Lipinski definition) is 0. The molecule has 0 aliphatic carbocycles. The van der Waals surface area contributed by atoms with Gasteiger partial charge in [0.25, 0.3) is 0 Å². The second kappa shape index (κ2) is 43.3. The summed E-state index contributed by atoms with van der Waals surface area (Å²) in [4.78, 5) is 0. The monoisotopic (exact) mass is 288 g/mol. The second-order valence-electron chi connectivity index (χ2n) is 2.31. The Morgan fingerprint density at radius 1 is 0.300 bits per heavy atom. The van der Waals surface area contributed by atoms with Crippen molar-refractivity contribution in [2.24, 2.45) is 0 Å². The minimum atomic E-state index is 0. The minimum absolute atomic E-state index is 0. The van der Waals surface area contributed by atoms with Crippen molar-refractivity contribution in [3.05, 3.63) is 72.8 Å². The Bertz CT molecular complexity index is 185. The van der Waals surface area contributed by atoms with Crippen molar-refractivity contribution in [1.29, 1.82) is 0 Å². The highest BCUT2D eigenvalue weighted by atomic mass is 19.0. The molecule has 2 heteroatoms. The van der Waals surface area contributed by atoms with Gasteiger partial charge in [-0.3, -0.25) is 9.41 Å². The Labute approximate surface area is 125 Å². The lowest BCUT2D eigenvalue weighted by Crippen LogP contribution is -1.47. The summed E-state index contributed by atoms with van der Waals surface area (Å²) in [7, 11) is 0. The standard InChI is InChI=1S/2C6H6.2C2H6.2CH4.2FH/c2*1-2-4-6-5-3-1;2*1-2;;;;/h2*1-6H;2*1-2H3;2*1H4;2*1H. The van der Waals surface area contributed by atoms with Crippen molar-refractivity contribution < 1.29 is 9.41 Å². The van der Waals surface area contributed by atoms with E-state index in [2.05, 4.69) is 0 Å². The van der Waals surface area contributed by atoms with Gasteiger partial charge in [0, 0.05) is 0 Å². The molecule has 0 fully saturated rings. The molecule has 0 N–H and O–H groups in total. The van der Waals surface area contributed by atoms with E-state index < -0.39 is 0 Å². The Hall–Kier alpha value is -1.70. The van der Waals surface area contributed by atoms with Crippen LogP contribution in [0, 0.1) is 0 Å². The first-order chi connectivity index (χ1) is 8.00. The van der Waals surface area contributed by atoms with Crippen LogP contribution in [0.25, 0.3) is 0 Å². The highest BCUT2D eigenvalue weighted by molar-refractivity contribution is 4.99. The lowest BCUT2D eigenvalue weighted by atomic mass is 10.4. The number of hydrogen-bond donors (Lipinski definition) is 0. The maximum Gasteiger partial charge on any atom is -0.0623 e. The quantitative estimate of drug-likeness (QED) is 0.489. The van der Waals surface area contributed by atoms with Gasteiger partial charge in [-0.05, 0) is 0 Å². The molecule has 0 saturated heterocycles. The fourth-order valence-electron chi connectivity index (χ4n) is 0.770. The van der Waals surface area contributed by atoms with E-state index in [1.165, 1.54) is 0 Å². The van der Waals surface area contributed by atoms with E-state index in [4.69, 9.17) is 0 Å². The molecule has 2 aromatic carbocycles. The van der Waals surface area contributed by atoms with Crippen molar-refractivity contribution in [3.63, 3.8) is 0 Å². The van der Waals surface area contributed by atoms with Crippen molar-refractivity contribution in [1.82, 2.24) is 0 Å². The Morgan fingerprint density at radius 3 is 0.400 bits per heavy atom. The van der Waals surface area contributed by atoms with Gasteiger partial charge in [0.05, 0.1) is 0 Å². The number of rotatable bonds is 0. The van der Waals surface area contributed by atoms with Crippen LogP contribution in [0.15, 0.2) is 72.8 Å². The van der Waals surface area contributed by atoms with Gasteiger partial charge in [0.1, 0.15) is 0 Å². The molecule has 0 bridgehead atoms. The third-order valence-electron chi connectivity index (χ3n) is 1.33. The summed E-state index contributed by atoms with van der Waals surface area (Å²) in [5.74, 6) is 0. The van der Waals surface area contributed by atoms with E-state index in [9.17, 15) is 0 Å². The van der Waals surface area contributed by atoms with Crippen LogP contribution in [0.2, 0.25) is 0 Å². The summed E-state index contributed by atoms with van der Waals surface area (Å²) in [5.41, 5.74) is 0. The molecule has 0 nitrogen and oxygen atoms in total. The largest absolute Gasteiger partial charge is 0.269 e. The molecule has 0 saturated carbocycles. The molecule has 120 valence electrons. The van der Waals surface area contributed by atoms with Gasteiger partial charge in [-0.2, -0.15) is 0 Å². The normalized spacial score (nSPS) is 5.40. The summed E-state index contributed by atoms with van der Waals surface area (Å²) >= 11 is 0. The predicted octanol–water partition coefficient (Wildman–Crippen LogP) is 7.00. The zero-order valence-corrected chi connectivity index (χ0v) is 11.7. The molecule has 0 aliphatic heterocycles. The lowest BCUT2D eigenvalue weighted by Gasteiger charge is -1.69. The second-order valence-corrected chi connectivity index (χ2v) is 2.31. The topological polar surface area (TPSA) is 0 Å². The highest BCUT2D eigenvalue weighted by Gasteiger charge is 1.58. The zero-order chi connectivity index (χ0) is 12.5. The molecular weight excluding hydrogens is 254 g/mol. The molecule has 0 atom stereocenters. The molecule has 2 rings (SSSR count). The number of benzene rings is 2. The molecule has 20 heavy (non-hydrogen) atoms. The van der Waals surface area contributed by atoms with Gasteiger partial charge in [-0.1, -0.05) is 115 Å². The van der Waals surface area contributed by atoms with Crippen LogP contribution in [0.1, 0.15) is 42.5 Å². The first kappa shape index (κ1) is 36.2. The molecule has 0 aliphatic rings. The van der Waals surface area contributed by atoms with E-state index >= 15 is 0 Å². The Morgan fingerprint density at radius 2 is 0.350 bits per heavy atom. The molecular formula is C18H34F2. The van der Waals surface area contributed by atoms with E-state index in [0.717, 1.165) is 0 Å². The predicted molar refractivity (Wildman–Crippen MR) is 94.0 cm³/mol. The van der Waals surface area contributed by atoms with Crippen molar-refractivity contribution in [2.75, 3.05) is 0 Å².